The zero-order valence-electron chi connectivity index (χ0n) is 11.6. The minimum atomic E-state index is -0.0628. The number of rotatable bonds is 0. The van der Waals surface area contributed by atoms with Gasteiger partial charge in [-0.3, -0.25) is 5.32 Å². The summed E-state index contributed by atoms with van der Waals surface area (Å²) >= 11 is 0. The normalized spacial score (nSPS) is 41.6. The molecule has 2 heterocycles. The predicted molar refractivity (Wildman–Crippen MR) is 66.8 cm³/mol. The van der Waals surface area contributed by atoms with E-state index in [0.29, 0.717) is 5.41 Å². The van der Waals surface area contributed by atoms with Crippen molar-refractivity contribution in [2.45, 2.75) is 58.3 Å². The summed E-state index contributed by atoms with van der Waals surface area (Å²) in [6, 6.07) is 0. The monoisotopic (exact) mass is 239 g/mol. The molecular weight excluding hydrogens is 214 g/mol. The molecule has 0 aromatic carbocycles. The lowest BCUT2D eigenvalue weighted by atomic mass is 9.62. The molecule has 2 spiro atoms. The first-order valence-electron chi connectivity index (χ1n) is 6.81. The van der Waals surface area contributed by atoms with Gasteiger partial charge in [-0.05, 0) is 18.3 Å². The Morgan fingerprint density at radius 1 is 1.06 bits per heavy atom. The van der Waals surface area contributed by atoms with Crippen molar-refractivity contribution in [3.63, 3.8) is 0 Å². The summed E-state index contributed by atoms with van der Waals surface area (Å²) in [5.41, 5.74) is 0.463. The molecule has 3 fully saturated rings. The first-order chi connectivity index (χ1) is 7.79. The number of ether oxygens (including phenoxy) is 2. The fraction of sp³-hybridized carbons (Fsp3) is 1.00. The molecule has 0 bridgehead atoms. The van der Waals surface area contributed by atoms with E-state index >= 15 is 0 Å². The first kappa shape index (κ1) is 11.9. The van der Waals surface area contributed by atoms with Crippen molar-refractivity contribution in [2.75, 3.05) is 19.8 Å². The van der Waals surface area contributed by atoms with Gasteiger partial charge in [-0.15, -0.1) is 0 Å². The van der Waals surface area contributed by atoms with Crippen LogP contribution in [0.2, 0.25) is 0 Å². The maximum Gasteiger partial charge on any atom is 0.121 e. The van der Waals surface area contributed by atoms with Crippen LogP contribution in [0.5, 0.6) is 0 Å². The Morgan fingerprint density at radius 2 is 1.76 bits per heavy atom. The molecule has 98 valence electrons. The summed E-state index contributed by atoms with van der Waals surface area (Å²) in [5, 5.41) is 3.65. The Bertz CT molecular complexity index is 321. The van der Waals surface area contributed by atoms with E-state index in [1.54, 1.807) is 0 Å². The molecule has 1 saturated carbocycles. The maximum atomic E-state index is 6.57. The highest BCUT2D eigenvalue weighted by Crippen LogP contribution is 2.56. The molecule has 1 atom stereocenters. The Hall–Kier alpha value is -0.120. The van der Waals surface area contributed by atoms with Crippen molar-refractivity contribution in [3.8, 4) is 0 Å². The summed E-state index contributed by atoms with van der Waals surface area (Å²) in [6.45, 7) is 11.9. The van der Waals surface area contributed by atoms with Gasteiger partial charge in [0.2, 0.25) is 0 Å². The predicted octanol–water partition coefficient (Wildman–Crippen LogP) is 2.31. The lowest BCUT2D eigenvalue weighted by Crippen LogP contribution is -2.73. The average Bonchev–Trinajstić information content (AvgIpc) is 2.60. The van der Waals surface area contributed by atoms with E-state index in [9.17, 15) is 0 Å². The molecule has 3 nitrogen and oxygen atoms in total. The fourth-order valence-corrected chi connectivity index (χ4v) is 3.94. The van der Waals surface area contributed by atoms with Crippen LogP contribution in [0.15, 0.2) is 0 Å². The second-order valence-electron chi connectivity index (χ2n) is 7.65. The molecule has 2 aliphatic heterocycles. The largest absolute Gasteiger partial charge is 0.378 e. The van der Waals surface area contributed by atoms with E-state index in [-0.39, 0.29) is 16.7 Å². The van der Waals surface area contributed by atoms with Crippen LogP contribution in [-0.2, 0) is 9.47 Å². The minimum Gasteiger partial charge on any atom is -0.378 e. The van der Waals surface area contributed by atoms with Gasteiger partial charge in [0, 0.05) is 25.0 Å². The van der Waals surface area contributed by atoms with Crippen molar-refractivity contribution in [3.05, 3.63) is 0 Å². The van der Waals surface area contributed by atoms with Crippen molar-refractivity contribution < 1.29 is 9.47 Å². The molecule has 2 saturated heterocycles. The third-order valence-electron chi connectivity index (χ3n) is 4.99. The van der Waals surface area contributed by atoms with Crippen LogP contribution in [0, 0.1) is 10.8 Å². The molecule has 3 heteroatoms. The fourth-order valence-electron chi connectivity index (χ4n) is 3.94. The van der Waals surface area contributed by atoms with Crippen LogP contribution in [0.4, 0.5) is 0 Å². The Labute approximate surface area is 104 Å². The second kappa shape index (κ2) is 3.25. The van der Waals surface area contributed by atoms with E-state index in [0.717, 1.165) is 39.0 Å². The van der Waals surface area contributed by atoms with Crippen LogP contribution in [0.3, 0.4) is 0 Å². The maximum absolute atomic E-state index is 6.57. The summed E-state index contributed by atoms with van der Waals surface area (Å²) < 4.78 is 12.2. The summed E-state index contributed by atoms with van der Waals surface area (Å²) in [4.78, 5) is 0. The Balaban J connectivity index is 1.82. The third-order valence-corrected chi connectivity index (χ3v) is 4.99. The van der Waals surface area contributed by atoms with E-state index < -0.39 is 0 Å². The van der Waals surface area contributed by atoms with E-state index in [1.807, 2.05) is 0 Å². The van der Waals surface area contributed by atoms with Crippen LogP contribution in [0.25, 0.3) is 0 Å². The summed E-state index contributed by atoms with van der Waals surface area (Å²) in [6.07, 6.45) is 3.29. The first-order valence-corrected chi connectivity index (χ1v) is 6.81. The van der Waals surface area contributed by atoms with Crippen molar-refractivity contribution in [1.82, 2.24) is 5.32 Å². The topological polar surface area (TPSA) is 30.5 Å². The van der Waals surface area contributed by atoms with Crippen molar-refractivity contribution in [2.24, 2.45) is 10.8 Å². The van der Waals surface area contributed by atoms with E-state index in [1.165, 1.54) is 0 Å². The van der Waals surface area contributed by atoms with Crippen molar-refractivity contribution in [1.29, 1.82) is 0 Å². The molecule has 0 aromatic heterocycles. The number of hydrogen-bond acceptors (Lipinski definition) is 3. The van der Waals surface area contributed by atoms with Crippen LogP contribution >= 0.6 is 0 Å². The van der Waals surface area contributed by atoms with E-state index in [4.69, 9.17) is 9.47 Å². The number of hydrogen-bond donors (Lipinski definition) is 1. The smallest absolute Gasteiger partial charge is 0.121 e. The molecule has 1 N–H and O–H groups in total. The third kappa shape index (κ3) is 1.66. The lowest BCUT2D eigenvalue weighted by Gasteiger charge is -2.62. The molecule has 1 aliphatic carbocycles. The average molecular weight is 239 g/mol. The quantitative estimate of drug-likeness (QED) is 0.703. The summed E-state index contributed by atoms with van der Waals surface area (Å²) in [7, 11) is 0. The van der Waals surface area contributed by atoms with Gasteiger partial charge in [0.25, 0.3) is 0 Å². The molecule has 1 unspecified atom stereocenters. The minimum absolute atomic E-state index is 0.0608. The number of nitrogens with one attached hydrogen (secondary N) is 1. The molecular formula is C14H25NO2. The summed E-state index contributed by atoms with van der Waals surface area (Å²) in [5.74, 6) is 0. The van der Waals surface area contributed by atoms with Gasteiger partial charge in [-0.25, -0.2) is 0 Å². The highest BCUT2D eigenvalue weighted by atomic mass is 16.6. The zero-order valence-corrected chi connectivity index (χ0v) is 11.6. The van der Waals surface area contributed by atoms with Gasteiger partial charge in [0.15, 0.2) is 0 Å². The van der Waals surface area contributed by atoms with Crippen LogP contribution in [0.1, 0.15) is 47.0 Å². The Morgan fingerprint density at radius 3 is 2.29 bits per heavy atom. The Kier molecular flexibility index (Phi) is 2.28. The zero-order chi connectivity index (χ0) is 12.4. The second-order valence-corrected chi connectivity index (χ2v) is 7.65. The highest BCUT2D eigenvalue weighted by molar-refractivity contribution is 5.10. The van der Waals surface area contributed by atoms with Crippen molar-refractivity contribution >= 4 is 0 Å². The van der Waals surface area contributed by atoms with Crippen LogP contribution < -0.4 is 5.32 Å². The van der Waals surface area contributed by atoms with Gasteiger partial charge in [0.05, 0.1) is 6.61 Å². The van der Waals surface area contributed by atoms with Gasteiger partial charge in [0.1, 0.15) is 11.3 Å². The van der Waals surface area contributed by atoms with Crippen LogP contribution in [-0.4, -0.2) is 31.1 Å². The molecule has 17 heavy (non-hydrogen) atoms. The highest BCUT2D eigenvalue weighted by Gasteiger charge is 2.62. The van der Waals surface area contributed by atoms with Gasteiger partial charge < -0.3 is 9.47 Å². The molecule has 0 radical (unpaired) electrons. The van der Waals surface area contributed by atoms with Gasteiger partial charge in [-0.1, -0.05) is 27.7 Å². The van der Waals surface area contributed by atoms with E-state index in [2.05, 4.69) is 33.0 Å². The SMILES string of the molecule is CC1(C)CC2(C1)NCC(C)(C)C1(CCOC1)O2. The molecule has 3 rings (SSSR count). The molecule has 0 aromatic rings. The standard InChI is InChI=1S/C14H25NO2/c1-11(2)7-14(8-11)15-9-12(3,4)13(17-14)5-6-16-10-13/h15H,5-10H2,1-4H3. The lowest BCUT2D eigenvalue weighted by molar-refractivity contribution is -0.299. The molecule has 0 amide bonds. The van der Waals surface area contributed by atoms with Gasteiger partial charge >= 0.3 is 0 Å². The molecule has 3 aliphatic rings. The van der Waals surface area contributed by atoms with Gasteiger partial charge in [-0.2, -0.15) is 0 Å².